The van der Waals surface area contributed by atoms with Crippen molar-refractivity contribution >= 4 is 28.9 Å². The number of halogens is 2. The van der Waals surface area contributed by atoms with Crippen molar-refractivity contribution in [2.75, 3.05) is 20.1 Å². The van der Waals surface area contributed by atoms with E-state index in [2.05, 4.69) is 29.1 Å². The summed E-state index contributed by atoms with van der Waals surface area (Å²) >= 11 is 13.0. The molecule has 1 spiro atoms. The van der Waals surface area contributed by atoms with Crippen LogP contribution in [0.3, 0.4) is 0 Å². The molecule has 0 aromatic heterocycles. The standard InChI is InChI=1S/C27H25Cl2N3O2/c1-31-13-11-27(12-14-31)32-25(22-15-19(28)16-23(29)26(22)34-27)17-24(30-32)18-7-9-21(10-8-18)33-20-5-3-2-4-6-20/h2-10,15-16,25H,11-14,17H2,1H3/t25-/m0/s1. The number of likely N-dealkylation sites (tertiary alicyclic amines) is 1. The number of piperidine rings is 1. The predicted molar refractivity (Wildman–Crippen MR) is 135 cm³/mol. The minimum Gasteiger partial charge on any atom is -0.464 e. The maximum absolute atomic E-state index is 6.66. The molecule has 0 saturated carbocycles. The Kier molecular flexibility index (Phi) is 5.44. The minimum atomic E-state index is -0.500. The summed E-state index contributed by atoms with van der Waals surface area (Å²) in [6, 6.07) is 21.7. The third-order valence-electron chi connectivity index (χ3n) is 6.95. The van der Waals surface area contributed by atoms with E-state index in [1.54, 1.807) is 6.07 Å². The van der Waals surface area contributed by atoms with E-state index >= 15 is 0 Å². The predicted octanol–water partition coefficient (Wildman–Crippen LogP) is 6.75. The first-order valence-corrected chi connectivity index (χ1v) is 12.3. The van der Waals surface area contributed by atoms with Crippen molar-refractivity contribution in [3.8, 4) is 17.2 Å². The molecule has 34 heavy (non-hydrogen) atoms. The Balaban J connectivity index is 1.33. The lowest BCUT2D eigenvalue weighted by Crippen LogP contribution is -2.58. The number of fused-ring (bicyclic) bond motifs is 4. The van der Waals surface area contributed by atoms with Gasteiger partial charge in [-0.25, -0.2) is 5.01 Å². The quantitative estimate of drug-likeness (QED) is 0.404. The Labute approximate surface area is 209 Å². The first kappa shape index (κ1) is 21.8. The SMILES string of the molecule is CN1CCC2(CC1)Oc1c(Cl)cc(Cl)cc1[C@@H]1CC(c3ccc(Oc4ccccc4)cc3)=NN12. The molecule has 0 radical (unpaired) electrons. The van der Waals surface area contributed by atoms with Gasteiger partial charge in [0.05, 0.1) is 16.8 Å². The largest absolute Gasteiger partial charge is 0.464 e. The van der Waals surface area contributed by atoms with Crippen LogP contribution < -0.4 is 9.47 Å². The monoisotopic (exact) mass is 493 g/mol. The summed E-state index contributed by atoms with van der Waals surface area (Å²) in [6.07, 6.45) is 2.49. The molecule has 1 atom stereocenters. The molecule has 0 aliphatic carbocycles. The maximum atomic E-state index is 6.66. The lowest BCUT2D eigenvalue weighted by Gasteiger charge is -2.51. The van der Waals surface area contributed by atoms with Crippen molar-refractivity contribution < 1.29 is 9.47 Å². The highest BCUT2D eigenvalue weighted by atomic mass is 35.5. The average molecular weight is 494 g/mol. The van der Waals surface area contributed by atoms with E-state index in [-0.39, 0.29) is 6.04 Å². The van der Waals surface area contributed by atoms with Crippen LogP contribution in [0.15, 0.2) is 71.8 Å². The van der Waals surface area contributed by atoms with Gasteiger partial charge in [0.2, 0.25) is 5.72 Å². The highest BCUT2D eigenvalue weighted by Crippen LogP contribution is 2.52. The van der Waals surface area contributed by atoms with Crippen LogP contribution in [0.25, 0.3) is 0 Å². The molecule has 1 saturated heterocycles. The molecule has 3 aromatic rings. The summed E-state index contributed by atoms with van der Waals surface area (Å²) in [6.45, 7) is 1.89. The number of benzene rings is 3. The van der Waals surface area contributed by atoms with Gasteiger partial charge in [-0.05, 0) is 61.1 Å². The van der Waals surface area contributed by atoms with Crippen molar-refractivity contribution in [2.45, 2.75) is 31.0 Å². The van der Waals surface area contributed by atoms with Crippen LogP contribution >= 0.6 is 23.2 Å². The van der Waals surface area contributed by atoms with Crippen LogP contribution in [-0.2, 0) is 0 Å². The molecular formula is C27H25Cl2N3O2. The zero-order valence-corrected chi connectivity index (χ0v) is 20.4. The Morgan fingerprint density at radius 2 is 1.68 bits per heavy atom. The number of rotatable bonds is 3. The Morgan fingerprint density at radius 1 is 0.971 bits per heavy atom. The molecule has 3 aromatic carbocycles. The fraction of sp³-hybridized carbons (Fsp3) is 0.296. The third-order valence-corrected chi connectivity index (χ3v) is 7.45. The molecule has 3 heterocycles. The molecule has 6 rings (SSSR count). The summed E-state index contributed by atoms with van der Waals surface area (Å²) < 4.78 is 12.6. The van der Waals surface area contributed by atoms with Gasteiger partial charge in [-0.15, -0.1) is 0 Å². The van der Waals surface area contributed by atoms with Crippen molar-refractivity contribution in [2.24, 2.45) is 5.10 Å². The Morgan fingerprint density at radius 3 is 2.41 bits per heavy atom. The van der Waals surface area contributed by atoms with Crippen LogP contribution in [0.2, 0.25) is 10.0 Å². The van der Waals surface area contributed by atoms with Crippen LogP contribution in [0.5, 0.6) is 17.2 Å². The normalized spacial score (nSPS) is 21.0. The van der Waals surface area contributed by atoms with Crippen molar-refractivity contribution in [1.82, 2.24) is 9.91 Å². The minimum absolute atomic E-state index is 0.0404. The van der Waals surface area contributed by atoms with Gasteiger partial charge in [0.15, 0.2) is 0 Å². The molecule has 3 aliphatic rings. The van der Waals surface area contributed by atoms with Gasteiger partial charge in [-0.2, -0.15) is 5.10 Å². The second kappa shape index (κ2) is 8.49. The van der Waals surface area contributed by atoms with Gasteiger partial charge in [-0.1, -0.05) is 41.4 Å². The number of hydrogen-bond acceptors (Lipinski definition) is 5. The van der Waals surface area contributed by atoms with E-state index in [0.29, 0.717) is 10.0 Å². The van der Waals surface area contributed by atoms with Gasteiger partial charge >= 0.3 is 0 Å². The average Bonchev–Trinajstić information content (AvgIpc) is 3.30. The van der Waals surface area contributed by atoms with Crippen molar-refractivity contribution in [3.05, 3.63) is 87.9 Å². The zero-order chi connectivity index (χ0) is 23.3. The summed E-state index contributed by atoms with van der Waals surface area (Å²) in [4.78, 5) is 2.33. The maximum Gasteiger partial charge on any atom is 0.200 e. The summed E-state index contributed by atoms with van der Waals surface area (Å²) in [5.74, 6) is 2.36. The van der Waals surface area contributed by atoms with Crippen molar-refractivity contribution in [3.63, 3.8) is 0 Å². The van der Waals surface area contributed by atoms with Crippen molar-refractivity contribution in [1.29, 1.82) is 0 Å². The number of para-hydroxylation sites is 1. The van der Waals surface area contributed by atoms with Crippen LogP contribution in [0.4, 0.5) is 0 Å². The van der Waals surface area contributed by atoms with E-state index < -0.39 is 5.72 Å². The molecular weight excluding hydrogens is 469 g/mol. The second-order valence-corrected chi connectivity index (χ2v) is 10.1. The van der Waals surface area contributed by atoms with Crippen LogP contribution in [0, 0.1) is 0 Å². The zero-order valence-electron chi connectivity index (χ0n) is 18.9. The van der Waals surface area contributed by atoms with Crippen LogP contribution in [-0.4, -0.2) is 41.5 Å². The molecule has 7 heteroatoms. The van der Waals surface area contributed by atoms with E-state index in [1.165, 1.54) is 0 Å². The lowest BCUT2D eigenvalue weighted by atomic mass is 9.91. The Hall–Kier alpha value is -2.73. The fourth-order valence-electron chi connectivity index (χ4n) is 5.11. The first-order chi connectivity index (χ1) is 16.5. The number of ether oxygens (including phenoxy) is 2. The molecule has 0 bridgehead atoms. The van der Waals surface area contributed by atoms with Gasteiger partial charge in [0, 0.05) is 42.9 Å². The number of hydrogen-bond donors (Lipinski definition) is 0. The highest BCUT2D eigenvalue weighted by Gasteiger charge is 2.52. The number of nitrogens with zero attached hydrogens (tertiary/aromatic N) is 3. The summed E-state index contributed by atoms with van der Waals surface area (Å²) in [7, 11) is 2.14. The smallest absolute Gasteiger partial charge is 0.200 e. The van der Waals surface area contributed by atoms with E-state index in [4.69, 9.17) is 37.8 Å². The molecule has 3 aliphatic heterocycles. The molecule has 0 N–H and O–H groups in total. The summed E-state index contributed by atoms with van der Waals surface area (Å²) in [5.41, 5.74) is 2.61. The van der Waals surface area contributed by atoms with E-state index in [9.17, 15) is 0 Å². The van der Waals surface area contributed by atoms with Crippen LogP contribution in [0.1, 0.15) is 36.4 Å². The molecule has 1 fully saturated rings. The van der Waals surface area contributed by atoms with Gasteiger partial charge in [0.25, 0.3) is 0 Å². The van der Waals surface area contributed by atoms with E-state index in [0.717, 1.165) is 66.4 Å². The number of hydrazone groups is 1. The first-order valence-electron chi connectivity index (χ1n) is 11.6. The molecule has 174 valence electrons. The summed E-state index contributed by atoms with van der Waals surface area (Å²) in [5, 5.41) is 8.49. The molecule has 5 nitrogen and oxygen atoms in total. The Bertz CT molecular complexity index is 1240. The third kappa shape index (κ3) is 3.82. The van der Waals surface area contributed by atoms with Gasteiger partial charge < -0.3 is 14.4 Å². The van der Waals surface area contributed by atoms with E-state index in [1.807, 2.05) is 48.5 Å². The molecule has 0 unspecified atom stereocenters. The van der Waals surface area contributed by atoms with Gasteiger partial charge in [0.1, 0.15) is 17.2 Å². The fourth-order valence-corrected chi connectivity index (χ4v) is 5.66. The highest BCUT2D eigenvalue weighted by molar-refractivity contribution is 6.35. The van der Waals surface area contributed by atoms with Gasteiger partial charge in [-0.3, -0.25) is 0 Å². The topological polar surface area (TPSA) is 37.3 Å². The molecule has 0 amide bonds. The lowest BCUT2D eigenvalue weighted by molar-refractivity contribution is -0.147. The second-order valence-electron chi connectivity index (χ2n) is 9.21.